The standard InChI is InChI=1S/C14H23N3O2/c1-4-12-11(6-7-19-12)8-15-13-10(3)14(18-5-2)17-9-16-13/h9,11-12H,4-8H2,1-3H3,(H,15,16,17). The second-order valence-electron chi connectivity index (χ2n) is 4.83. The van der Waals surface area contributed by atoms with E-state index in [0.29, 0.717) is 24.5 Å². The molecule has 1 fully saturated rings. The van der Waals surface area contributed by atoms with Crippen molar-refractivity contribution in [2.24, 2.45) is 5.92 Å². The van der Waals surface area contributed by atoms with Crippen molar-refractivity contribution in [1.29, 1.82) is 0 Å². The summed E-state index contributed by atoms with van der Waals surface area (Å²) in [4.78, 5) is 8.43. The van der Waals surface area contributed by atoms with Crippen LogP contribution in [-0.4, -0.2) is 35.8 Å². The smallest absolute Gasteiger partial charge is 0.221 e. The van der Waals surface area contributed by atoms with Gasteiger partial charge in [0.2, 0.25) is 5.88 Å². The third-order valence-corrected chi connectivity index (χ3v) is 3.60. The molecule has 2 atom stereocenters. The Labute approximate surface area is 114 Å². The second kappa shape index (κ2) is 6.70. The van der Waals surface area contributed by atoms with E-state index in [1.54, 1.807) is 6.33 Å². The van der Waals surface area contributed by atoms with E-state index in [0.717, 1.165) is 37.4 Å². The van der Waals surface area contributed by atoms with Gasteiger partial charge in [0.25, 0.3) is 0 Å². The van der Waals surface area contributed by atoms with E-state index in [9.17, 15) is 0 Å². The summed E-state index contributed by atoms with van der Waals surface area (Å²) in [6.07, 6.45) is 4.11. The Kier molecular flexibility index (Phi) is 4.96. The van der Waals surface area contributed by atoms with Crippen LogP contribution in [0.5, 0.6) is 5.88 Å². The Balaban J connectivity index is 1.97. The first kappa shape index (κ1) is 14.1. The summed E-state index contributed by atoms with van der Waals surface area (Å²) in [5.74, 6) is 2.09. The maximum atomic E-state index is 5.70. The fourth-order valence-electron chi connectivity index (χ4n) is 2.50. The highest BCUT2D eigenvalue weighted by atomic mass is 16.5. The summed E-state index contributed by atoms with van der Waals surface area (Å²) in [6.45, 7) is 8.49. The summed E-state index contributed by atoms with van der Waals surface area (Å²) >= 11 is 0. The lowest BCUT2D eigenvalue weighted by molar-refractivity contribution is 0.0900. The van der Waals surface area contributed by atoms with Gasteiger partial charge in [-0.3, -0.25) is 0 Å². The van der Waals surface area contributed by atoms with Gasteiger partial charge in [-0.1, -0.05) is 6.92 Å². The number of hydrogen-bond donors (Lipinski definition) is 1. The van der Waals surface area contributed by atoms with E-state index in [1.807, 2.05) is 13.8 Å². The minimum atomic E-state index is 0.376. The molecule has 2 rings (SSSR count). The van der Waals surface area contributed by atoms with Crippen LogP contribution in [0.25, 0.3) is 0 Å². The van der Waals surface area contributed by atoms with Gasteiger partial charge in [-0.2, -0.15) is 0 Å². The van der Waals surface area contributed by atoms with Gasteiger partial charge in [-0.05, 0) is 26.7 Å². The molecule has 5 nitrogen and oxygen atoms in total. The molecule has 0 saturated carbocycles. The van der Waals surface area contributed by atoms with Crippen molar-refractivity contribution in [3.63, 3.8) is 0 Å². The van der Waals surface area contributed by atoms with Crippen LogP contribution in [0.2, 0.25) is 0 Å². The van der Waals surface area contributed by atoms with E-state index in [4.69, 9.17) is 9.47 Å². The fraction of sp³-hybridized carbons (Fsp3) is 0.714. The van der Waals surface area contributed by atoms with Crippen LogP contribution < -0.4 is 10.1 Å². The molecule has 19 heavy (non-hydrogen) atoms. The summed E-state index contributed by atoms with van der Waals surface area (Å²) in [5, 5.41) is 3.41. The van der Waals surface area contributed by atoms with Crippen LogP contribution in [0.15, 0.2) is 6.33 Å². The number of rotatable bonds is 6. The molecule has 0 spiro atoms. The topological polar surface area (TPSA) is 56.3 Å². The summed E-state index contributed by atoms with van der Waals surface area (Å²) in [6, 6.07) is 0. The Morgan fingerprint density at radius 2 is 2.26 bits per heavy atom. The lowest BCUT2D eigenvalue weighted by Gasteiger charge is -2.18. The van der Waals surface area contributed by atoms with Gasteiger partial charge in [0.1, 0.15) is 12.1 Å². The number of nitrogens with zero attached hydrogens (tertiary/aromatic N) is 2. The largest absolute Gasteiger partial charge is 0.478 e. The molecule has 0 amide bonds. The maximum Gasteiger partial charge on any atom is 0.221 e. The minimum Gasteiger partial charge on any atom is -0.478 e. The van der Waals surface area contributed by atoms with Crippen LogP contribution in [0.3, 0.4) is 0 Å². The normalized spacial score (nSPS) is 22.5. The summed E-state index contributed by atoms with van der Waals surface area (Å²) in [5.41, 5.74) is 0.969. The summed E-state index contributed by atoms with van der Waals surface area (Å²) < 4.78 is 11.2. The Morgan fingerprint density at radius 1 is 1.42 bits per heavy atom. The number of nitrogens with one attached hydrogen (secondary N) is 1. The molecular formula is C14H23N3O2. The van der Waals surface area contributed by atoms with Crippen LogP contribution in [0, 0.1) is 12.8 Å². The maximum absolute atomic E-state index is 5.70. The monoisotopic (exact) mass is 265 g/mol. The highest BCUT2D eigenvalue weighted by Gasteiger charge is 2.26. The zero-order valence-electron chi connectivity index (χ0n) is 12.0. The van der Waals surface area contributed by atoms with Crippen LogP contribution in [0.1, 0.15) is 32.3 Å². The van der Waals surface area contributed by atoms with E-state index in [2.05, 4.69) is 22.2 Å². The lowest BCUT2D eigenvalue weighted by Crippen LogP contribution is -2.23. The number of ether oxygens (including phenoxy) is 2. The molecule has 5 heteroatoms. The highest BCUT2D eigenvalue weighted by molar-refractivity contribution is 5.47. The molecule has 0 aromatic carbocycles. The Morgan fingerprint density at radius 3 is 3.00 bits per heavy atom. The SMILES string of the molecule is CCOc1ncnc(NCC2CCOC2CC)c1C. The molecule has 1 saturated heterocycles. The fourth-order valence-corrected chi connectivity index (χ4v) is 2.50. The third kappa shape index (κ3) is 3.35. The van der Waals surface area contributed by atoms with Crippen LogP contribution in [-0.2, 0) is 4.74 Å². The molecule has 1 aromatic heterocycles. The van der Waals surface area contributed by atoms with Gasteiger partial charge in [0.15, 0.2) is 0 Å². The van der Waals surface area contributed by atoms with Gasteiger partial charge in [-0.25, -0.2) is 9.97 Å². The van der Waals surface area contributed by atoms with Crippen molar-refractivity contribution < 1.29 is 9.47 Å². The average molecular weight is 265 g/mol. The first-order chi connectivity index (χ1) is 9.26. The average Bonchev–Trinajstić information content (AvgIpc) is 2.87. The van der Waals surface area contributed by atoms with Gasteiger partial charge >= 0.3 is 0 Å². The Hall–Kier alpha value is -1.36. The minimum absolute atomic E-state index is 0.376. The quantitative estimate of drug-likeness (QED) is 0.856. The first-order valence-corrected chi connectivity index (χ1v) is 7.06. The molecular weight excluding hydrogens is 242 g/mol. The van der Waals surface area contributed by atoms with Crippen LogP contribution >= 0.6 is 0 Å². The second-order valence-corrected chi connectivity index (χ2v) is 4.83. The number of hydrogen-bond acceptors (Lipinski definition) is 5. The van der Waals surface area contributed by atoms with E-state index in [-0.39, 0.29) is 0 Å². The van der Waals surface area contributed by atoms with Crippen molar-refractivity contribution in [1.82, 2.24) is 9.97 Å². The molecule has 2 heterocycles. The summed E-state index contributed by atoms with van der Waals surface area (Å²) in [7, 11) is 0. The molecule has 1 aromatic rings. The van der Waals surface area contributed by atoms with Crippen LogP contribution in [0.4, 0.5) is 5.82 Å². The van der Waals surface area contributed by atoms with Crippen molar-refractivity contribution >= 4 is 5.82 Å². The van der Waals surface area contributed by atoms with E-state index < -0.39 is 0 Å². The molecule has 106 valence electrons. The van der Waals surface area contributed by atoms with Gasteiger partial charge in [0, 0.05) is 19.1 Å². The molecule has 1 N–H and O–H groups in total. The molecule has 0 bridgehead atoms. The van der Waals surface area contributed by atoms with E-state index >= 15 is 0 Å². The molecule has 1 aliphatic rings. The third-order valence-electron chi connectivity index (χ3n) is 3.60. The van der Waals surface area contributed by atoms with Crippen molar-refractivity contribution in [2.75, 3.05) is 25.1 Å². The highest BCUT2D eigenvalue weighted by Crippen LogP contribution is 2.25. The molecule has 2 unspecified atom stereocenters. The molecule has 0 radical (unpaired) electrons. The first-order valence-electron chi connectivity index (χ1n) is 7.06. The lowest BCUT2D eigenvalue weighted by atomic mass is 10.00. The number of aromatic nitrogens is 2. The zero-order chi connectivity index (χ0) is 13.7. The zero-order valence-corrected chi connectivity index (χ0v) is 12.0. The van der Waals surface area contributed by atoms with E-state index in [1.165, 1.54) is 0 Å². The molecule has 1 aliphatic heterocycles. The van der Waals surface area contributed by atoms with Gasteiger partial charge in [-0.15, -0.1) is 0 Å². The number of anilines is 1. The van der Waals surface area contributed by atoms with Crippen molar-refractivity contribution in [3.05, 3.63) is 11.9 Å². The van der Waals surface area contributed by atoms with Gasteiger partial charge < -0.3 is 14.8 Å². The van der Waals surface area contributed by atoms with Gasteiger partial charge in [0.05, 0.1) is 18.3 Å². The van der Waals surface area contributed by atoms with Crippen molar-refractivity contribution in [3.8, 4) is 5.88 Å². The Bertz CT molecular complexity index is 412. The predicted molar refractivity (Wildman–Crippen MR) is 74.6 cm³/mol. The van der Waals surface area contributed by atoms with Crippen molar-refractivity contribution in [2.45, 2.75) is 39.7 Å². The molecule has 0 aliphatic carbocycles. The predicted octanol–water partition coefficient (Wildman–Crippen LogP) is 2.41.